The number of hydrogen-bond acceptors (Lipinski definition) is 5. The fraction of sp³-hybridized carbons (Fsp3) is 0.593. The number of aryl methyl sites for hydroxylation is 1. The topological polar surface area (TPSA) is 67.2 Å². The summed E-state index contributed by atoms with van der Waals surface area (Å²) in [5.74, 6) is 0.987. The van der Waals surface area contributed by atoms with Crippen molar-refractivity contribution in [2.75, 3.05) is 25.4 Å². The average Bonchev–Trinajstić information content (AvgIpc) is 2.84. The molecule has 0 bridgehead atoms. The zero-order chi connectivity index (χ0) is 24.3. The minimum Gasteiger partial charge on any atom is -0.356 e. The smallest absolute Gasteiger partial charge is 0.257 e. The molecular weight excluding hydrogens is 444 g/mol. The summed E-state index contributed by atoms with van der Waals surface area (Å²) in [4.78, 5) is 32.3. The van der Waals surface area contributed by atoms with E-state index >= 15 is 0 Å². The second-order valence-corrected chi connectivity index (χ2v) is 10.4. The highest BCUT2D eigenvalue weighted by molar-refractivity contribution is 7.99. The molecule has 3 rings (SSSR count). The number of piperidine rings is 1. The number of benzene rings is 1. The van der Waals surface area contributed by atoms with Crippen LogP contribution in [0.3, 0.4) is 0 Å². The van der Waals surface area contributed by atoms with Gasteiger partial charge < -0.3 is 10.2 Å². The van der Waals surface area contributed by atoms with Crippen LogP contribution in [0.4, 0.5) is 0 Å². The molecule has 1 fully saturated rings. The molecule has 186 valence electrons. The summed E-state index contributed by atoms with van der Waals surface area (Å²) in [6.45, 7) is 7.26. The van der Waals surface area contributed by atoms with Crippen molar-refractivity contribution in [3.63, 3.8) is 0 Å². The second-order valence-electron chi connectivity index (χ2n) is 9.37. The van der Waals surface area contributed by atoms with E-state index in [0.29, 0.717) is 18.9 Å². The Hall–Kier alpha value is -2.12. The third-order valence-corrected chi connectivity index (χ3v) is 7.80. The zero-order valence-electron chi connectivity index (χ0n) is 21.0. The highest BCUT2D eigenvalue weighted by Crippen LogP contribution is 2.19. The number of likely N-dealkylation sites (tertiary alicyclic amines) is 1. The number of nitrogens with one attached hydrogen (secondary N) is 1. The Kier molecular flexibility index (Phi) is 10.7. The van der Waals surface area contributed by atoms with Gasteiger partial charge in [0.1, 0.15) is 0 Å². The van der Waals surface area contributed by atoms with E-state index in [1.807, 2.05) is 37.3 Å². The van der Waals surface area contributed by atoms with Gasteiger partial charge >= 0.3 is 0 Å². The van der Waals surface area contributed by atoms with Crippen molar-refractivity contribution in [1.82, 2.24) is 19.8 Å². The minimum atomic E-state index is 0.0252. The Balaban J connectivity index is 1.34. The standard InChI is InChI=1S/C27H40N4O2S/c1-21-12-7-9-17-31(21)18-11-16-28-25(32)15-8-10-19-34-27-29-22(2)24(26(33)30(27)3)20-23-13-5-4-6-14-23/h4-6,13-14,21H,7-12,15-20H2,1-3H3,(H,28,32). The lowest BCUT2D eigenvalue weighted by Gasteiger charge is -2.33. The molecule has 1 atom stereocenters. The van der Waals surface area contributed by atoms with Gasteiger partial charge in [0.25, 0.3) is 5.56 Å². The Morgan fingerprint density at radius 3 is 2.74 bits per heavy atom. The number of unbranched alkanes of at least 4 members (excludes halogenated alkanes) is 1. The van der Waals surface area contributed by atoms with Crippen LogP contribution in [0.15, 0.2) is 40.3 Å². The molecule has 34 heavy (non-hydrogen) atoms. The van der Waals surface area contributed by atoms with Crippen LogP contribution in [-0.2, 0) is 18.3 Å². The number of hydrogen-bond donors (Lipinski definition) is 1. The van der Waals surface area contributed by atoms with Crippen LogP contribution < -0.4 is 10.9 Å². The first-order valence-electron chi connectivity index (χ1n) is 12.7. The van der Waals surface area contributed by atoms with E-state index in [-0.39, 0.29) is 11.5 Å². The molecule has 1 unspecified atom stereocenters. The molecule has 0 saturated carbocycles. The van der Waals surface area contributed by atoms with E-state index < -0.39 is 0 Å². The van der Waals surface area contributed by atoms with Gasteiger partial charge in [-0.2, -0.15) is 0 Å². The van der Waals surface area contributed by atoms with Crippen molar-refractivity contribution < 1.29 is 4.79 Å². The van der Waals surface area contributed by atoms with Gasteiger partial charge in [0.2, 0.25) is 5.91 Å². The van der Waals surface area contributed by atoms with Crippen LogP contribution in [-0.4, -0.2) is 51.8 Å². The molecule has 1 amide bonds. The van der Waals surface area contributed by atoms with Crippen LogP contribution in [0.1, 0.15) is 68.7 Å². The third-order valence-electron chi connectivity index (χ3n) is 6.69. The maximum absolute atomic E-state index is 12.9. The maximum Gasteiger partial charge on any atom is 0.257 e. The van der Waals surface area contributed by atoms with Gasteiger partial charge in [-0.3, -0.25) is 14.2 Å². The quantitative estimate of drug-likeness (QED) is 0.276. The molecule has 0 spiro atoms. The molecule has 7 heteroatoms. The lowest BCUT2D eigenvalue weighted by atomic mass is 10.0. The number of rotatable bonds is 12. The monoisotopic (exact) mass is 484 g/mol. The van der Waals surface area contributed by atoms with Gasteiger partial charge in [-0.25, -0.2) is 4.98 Å². The lowest BCUT2D eigenvalue weighted by Crippen LogP contribution is -2.39. The van der Waals surface area contributed by atoms with Gasteiger partial charge in [-0.15, -0.1) is 0 Å². The number of thioether (sulfide) groups is 1. The van der Waals surface area contributed by atoms with E-state index in [1.54, 1.807) is 23.4 Å². The van der Waals surface area contributed by atoms with E-state index in [4.69, 9.17) is 4.98 Å². The van der Waals surface area contributed by atoms with E-state index in [1.165, 1.54) is 25.8 Å². The van der Waals surface area contributed by atoms with E-state index in [0.717, 1.165) is 60.1 Å². The molecule has 1 aliphatic heterocycles. The molecule has 2 heterocycles. The predicted molar refractivity (Wildman–Crippen MR) is 141 cm³/mol. The Morgan fingerprint density at radius 2 is 1.97 bits per heavy atom. The van der Waals surface area contributed by atoms with Gasteiger partial charge in [0, 0.05) is 56.0 Å². The summed E-state index contributed by atoms with van der Waals surface area (Å²) in [5.41, 5.74) is 2.69. The molecule has 0 radical (unpaired) electrons. The first-order chi connectivity index (χ1) is 16.5. The molecule has 6 nitrogen and oxygen atoms in total. The molecule has 0 aliphatic carbocycles. The van der Waals surface area contributed by atoms with Crippen LogP contribution >= 0.6 is 11.8 Å². The first kappa shape index (κ1) is 26.5. The molecule has 1 aromatic heterocycles. The van der Waals surface area contributed by atoms with Crippen molar-refractivity contribution in [3.8, 4) is 0 Å². The lowest BCUT2D eigenvalue weighted by molar-refractivity contribution is -0.121. The largest absolute Gasteiger partial charge is 0.356 e. The molecule has 1 aliphatic rings. The normalized spacial score (nSPS) is 16.5. The molecule has 1 aromatic carbocycles. The predicted octanol–water partition coefficient (Wildman–Crippen LogP) is 4.32. The van der Waals surface area contributed by atoms with Gasteiger partial charge in [0.05, 0.1) is 0 Å². The van der Waals surface area contributed by atoms with Crippen molar-refractivity contribution in [3.05, 3.63) is 57.5 Å². The molecule has 1 saturated heterocycles. The molecule has 2 aromatic rings. The maximum atomic E-state index is 12.9. The van der Waals surface area contributed by atoms with Crippen LogP contribution in [0.2, 0.25) is 0 Å². The number of aromatic nitrogens is 2. The third kappa shape index (κ3) is 7.98. The molecular formula is C27H40N4O2S. The summed E-state index contributed by atoms with van der Waals surface area (Å²) in [5, 5.41) is 3.81. The van der Waals surface area contributed by atoms with Crippen molar-refractivity contribution in [1.29, 1.82) is 0 Å². The fourth-order valence-electron chi connectivity index (χ4n) is 4.50. The minimum absolute atomic E-state index is 0.0252. The first-order valence-corrected chi connectivity index (χ1v) is 13.7. The summed E-state index contributed by atoms with van der Waals surface area (Å²) < 4.78 is 1.66. The van der Waals surface area contributed by atoms with Gasteiger partial charge in [-0.1, -0.05) is 48.5 Å². The van der Waals surface area contributed by atoms with E-state index in [2.05, 4.69) is 17.1 Å². The zero-order valence-corrected chi connectivity index (χ0v) is 21.8. The highest BCUT2D eigenvalue weighted by atomic mass is 32.2. The second kappa shape index (κ2) is 13.7. The van der Waals surface area contributed by atoms with Gasteiger partial charge in [0.15, 0.2) is 5.16 Å². The highest BCUT2D eigenvalue weighted by Gasteiger charge is 2.17. The summed E-state index contributed by atoms with van der Waals surface area (Å²) in [7, 11) is 1.80. The summed E-state index contributed by atoms with van der Waals surface area (Å²) >= 11 is 1.59. The number of carbonyl (C=O) groups is 1. The van der Waals surface area contributed by atoms with Gasteiger partial charge in [-0.05, 0) is 58.1 Å². The van der Waals surface area contributed by atoms with Crippen molar-refractivity contribution in [2.24, 2.45) is 7.05 Å². The van der Waals surface area contributed by atoms with Crippen LogP contribution in [0, 0.1) is 6.92 Å². The summed E-state index contributed by atoms with van der Waals surface area (Å²) in [6.07, 6.45) is 7.89. The number of amides is 1. The van der Waals surface area contributed by atoms with Crippen LogP contribution in [0.25, 0.3) is 0 Å². The molecule has 1 N–H and O–H groups in total. The van der Waals surface area contributed by atoms with Crippen LogP contribution in [0.5, 0.6) is 0 Å². The Labute approximate surface area is 208 Å². The summed E-state index contributed by atoms with van der Waals surface area (Å²) in [6, 6.07) is 10.7. The number of carbonyl (C=O) groups excluding carboxylic acids is 1. The fourth-order valence-corrected chi connectivity index (χ4v) is 5.51. The Morgan fingerprint density at radius 1 is 1.18 bits per heavy atom. The average molecular weight is 485 g/mol. The van der Waals surface area contributed by atoms with E-state index in [9.17, 15) is 9.59 Å². The Bertz CT molecular complexity index is 977. The van der Waals surface area contributed by atoms with Crippen molar-refractivity contribution >= 4 is 17.7 Å². The SMILES string of the molecule is Cc1nc(SCCCCC(=O)NCCCN2CCCCC2C)n(C)c(=O)c1Cc1ccccc1. The van der Waals surface area contributed by atoms with Crippen molar-refractivity contribution in [2.45, 2.75) is 76.4 Å². The number of nitrogens with zero attached hydrogens (tertiary/aromatic N) is 3.